The molecule has 4 unspecified atom stereocenters. The lowest BCUT2D eigenvalue weighted by Gasteiger charge is -2.50. The molecule has 8 nitrogen and oxygen atoms in total. The van der Waals surface area contributed by atoms with E-state index >= 15 is 0 Å². The Morgan fingerprint density at radius 1 is 1.24 bits per heavy atom. The predicted molar refractivity (Wildman–Crippen MR) is 130 cm³/mol. The van der Waals surface area contributed by atoms with E-state index in [1.165, 1.54) is 4.90 Å². The van der Waals surface area contributed by atoms with Crippen LogP contribution < -0.4 is 5.32 Å². The first kappa shape index (κ1) is 26.5. The second-order valence-electron chi connectivity index (χ2n) is 10.8. The molecule has 1 spiro atoms. The Kier molecular flexibility index (Phi) is 7.10. The summed E-state index contributed by atoms with van der Waals surface area (Å²) in [4.78, 5) is 31.9. The molecular formula is C25H32ClF3N4O4. The van der Waals surface area contributed by atoms with Crippen LogP contribution in [0.4, 0.5) is 23.7 Å². The molecule has 3 saturated heterocycles. The highest BCUT2D eigenvalue weighted by molar-refractivity contribution is 6.31. The number of morpholine rings is 1. The third-order valence-corrected chi connectivity index (χ3v) is 8.73. The van der Waals surface area contributed by atoms with Crippen LogP contribution in [0.1, 0.15) is 38.2 Å². The van der Waals surface area contributed by atoms with E-state index in [0.717, 1.165) is 50.6 Å². The molecule has 3 aliphatic heterocycles. The second-order valence-corrected chi connectivity index (χ2v) is 11.2. The summed E-state index contributed by atoms with van der Waals surface area (Å²) in [6, 6.07) is 1.23. The zero-order valence-corrected chi connectivity index (χ0v) is 21.4. The zero-order chi connectivity index (χ0) is 26.5. The number of rotatable bonds is 4. The molecule has 3 heterocycles. The van der Waals surface area contributed by atoms with Gasteiger partial charge in [0.25, 0.3) is 0 Å². The zero-order valence-electron chi connectivity index (χ0n) is 20.6. The summed E-state index contributed by atoms with van der Waals surface area (Å²) < 4.78 is 44.7. The van der Waals surface area contributed by atoms with Crippen molar-refractivity contribution in [3.05, 3.63) is 28.8 Å². The van der Waals surface area contributed by atoms with Gasteiger partial charge in [-0.15, -0.1) is 0 Å². The van der Waals surface area contributed by atoms with Crippen LogP contribution in [0, 0.1) is 5.41 Å². The molecule has 37 heavy (non-hydrogen) atoms. The van der Waals surface area contributed by atoms with Crippen LogP contribution >= 0.6 is 11.6 Å². The molecule has 1 aliphatic carbocycles. The number of aliphatic hydroxyl groups is 1. The van der Waals surface area contributed by atoms with Crippen molar-refractivity contribution >= 4 is 29.2 Å². The van der Waals surface area contributed by atoms with E-state index < -0.39 is 28.8 Å². The van der Waals surface area contributed by atoms with E-state index in [1.54, 1.807) is 6.92 Å². The summed E-state index contributed by atoms with van der Waals surface area (Å²) in [6.45, 7) is 4.98. The number of amides is 3. The van der Waals surface area contributed by atoms with Gasteiger partial charge in [-0.1, -0.05) is 11.6 Å². The van der Waals surface area contributed by atoms with E-state index in [-0.39, 0.29) is 41.7 Å². The van der Waals surface area contributed by atoms with Gasteiger partial charge in [-0.2, -0.15) is 13.2 Å². The molecule has 3 amide bonds. The number of anilines is 1. The monoisotopic (exact) mass is 544 g/mol. The maximum atomic E-state index is 13.4. The number of alkyl halides is 3. The fourth-order valence-corrected chi connectivity index (χ4v) is 6.18. The molecule has 1 aromatic rings. The molecule has 5 rings (SSSR count). The molecule has 4 aliphatic rings. The number of likely N-dealkylation sites (tertiary alicyclic amines) is 1. The van der Waals surface area contributed by atoms with Crippen molar-refractivity contribution in [1.29, 1.82) is 0 Å². The Hall–Kier alpha value is -2.08. The van der Waals surface area contributed by atoms with Crippen LogP contribution in [-0.4, -0.2) is 95.4 Å². The summed E-state index contributed by atoms with van der Waals surface area (Å²) in [5, 5.41) is 12.5. The highest BCUT2D eigenvalue weighted by Gasteiger charge is 2.51. The van der Waals surface area contributed by atoms with Gasteiger partial charge in [0, 0.05) is 25.3 Å². The van der Waals surface area contributed by atoms with Gasteiger partial charge in [0.05, 0.1) is 42.0 Å². The summed E-state index contributed by atoms with van der Waals surface area (Å²) in [7, 11) is 0. The number of piperidine rings is 1. The standard InChI is InChI=1S/C25H32ClF3N4O4/c1-15-22(35)33-17(4-8-31-9-7-24(5-6-24)21(34)12-31)13-37-14-18(33)11-32(15)23(36)30-16-2-3-19(20(26)10-16)25(27,28)29/h2-3,10,15,17-18,21,34H,4-9,11-14H2,1H3,(H,30,36). The average Bonchev–Trinajstić information content (AvgIpc) is 3.62. The summed E-state index contributed by atoms with van der Waals surface area (Å²) >= 11 is 5.77. The predicted octanol–water partition coefficient (Wildman–Crippen LogP) is 3.43. The largest absolute Gasteiger partial charge is 0.417 e. The minimum absolute atomic E-state index is 0.111. The number of halogens is 4. The lowest BCUT2D eigenvalue weighted by atomic mass is 9.90. The Bertz CT molecular complexity index is 1050. The average molecular weight is 545 g/mol. The van der Waals surface area contributed by atoms with E-state index in [1.807, 2.05) is 4.90 Å². The minimum atomic E-state index is -4.60. The number of carbonyl (C=O) groups is 2. The smallest absolute Gasteiger partial charge is 0.391 e. The van der Waals surface area contributed by atoms with Crippen LogP contribution in [0.2, 0.25) is 5.02 Å². The Morgan fingerprint density at radius 2 is 2.00 bits per heavy atom. The fraction of sp³-hybridized carbons (Fsp3) is 0.680. The summed E-state index contributed by atoms with van der Waals surface area (Å²) in [5.74, 6) is -0.180. The summed E-state index contributed by atoms with van der Waals surface area (Å²) in [6.07, 6.45) is -0.954. The van der Waals surface area contributed by atoms with Gasteiger partial charge in [-0.05, 0) is 62.8 Å². The second kappa shape index (κ2) is 9.91. The van der Waals surface area contributed by atoms with Gasteiger partial charge in [0.15, 0.2) is 0 Å². The van der Waals surface area contributed by atoms with Crippen molar-refractivity contribution in [2.24, 2.45) is 5.41 Å². The number of hydrogen-bond acceptors (Lipinski definition) is 5. The molecule has 0 radical (unpaired) electrons. The van der Waals surface area contributed by atoms with Crippen molar-refractivity contribution in [2.75, 3.05) is 44.7 Å². The minimum Gasteiger partial charge on any atom is -0.391 e. The highest BCUT2D eigenvalue weighted by atomic mass is 35.5. The lowest BCUT2D eigenvalue weighted by Crippen LogP contribution is -2.68. The third-order valence-electron chi connectivity index (χ3n) is 8.42. The van der Waals surface area contributed by atoms with Crippen molar-refractivity contribution in [2.45, 2.75) is 63.0 Å². The number of carbonyl (C=O) groups excluding carboxylic acids is 2. The number of piperazine rings is 1. The molecular weight excluding hydrogens is 513 g/mol. The third kappa shape index (κ3) is 5.28. The van der Waals surface area contributed by atoms with Gasteiger partial charge < -0.3 is 29.9 Å². The van der Waals surface area contributed by atoms with Crippen molar-refractivity contribution < 1.29 is 32.6 Å². The normalized spacial score (nSPS) is 29.8. The van der Waals surface area contributed by atoms with Gasteiger partial charge in [0.2, 0.25) is 5.91 Å². The van der Waals surface area contributed by atoms with Crippen molar-refractivity contribution in [1.82, 2.24) is 14.7 Å². The van der Waals surface area contributed by atoms with Gasteiger partial charge >= 0.3 is 12.2 Å². The first-order valence-corrected chi connectivity index (χ1v) is 13.1. The maximum absolute atomic E-state index is 13.4. The molecule has 1 saturated carbocycles. The van der Waals surface area contributed by atoms with Crippen LogP contribution in [0.15, 0.2) is 18.2 Å². The Labute approximate surface area is 218 Å². The Balaban J connectivity index is 1.20. The Morgan fingerprint density at radius 3 is 2.65 bits per heavy atom. The van der Waals surface area contributed by atoms with E-state index in [0.29, 0.717) is 26.2 Å². The number of benzene rings is 1. The SMILES string of the molecule is CC1C(=O)N2C(CCN3CCC4(CC4)C(O)C3)COCC2CN1C(=O)Nc1ccc(C(F)(F)F)c(Cl)c1. The topological polar surface area (TPSA) is 85.4 Å². The number of hydrogen-bond donors (Lipinski definition) is 2. The van der Waals surface area contributed by atoms with Crippen molar-refractivity contribution in [3.8, 4) is 0 Å². The van der Waals surface area contributed by atoms with Crippen LogP contribution in [-0.2, 0) is 15.7 Å². The highest BCUT2D eigenvalue weighted by Crippen LogP contribution is 2.53. The van der Waals surface area contributed by atoms with Crippen LogP contribution in [0.5, 0.6) is 0 Å². The van der Waals surface area contributed by atoms with E-state index in [9.17, 15) is 27.9 Å². The molecule has 2 N–H and O–H groups in total. The first-order valence-electron chi connectivity index (χ1n) is 12.7. The number of urea groups is 1. The van der Waals surface area contributed by atoms with Crippen LogP contribution in [0.25, 0.3) is 0 Å². The number of fused-ring (bicyclic) bond motifs is 1. The number of nitrogens with one attached hydrogen (secondary N) is 1. The maximum Gasteiger partial charge on any atom is 0.417 e. The number of β-amino-alcohol motifs (C(OH)–C–C–N with tert-alkyl or cyclic N) is 1. The molecule has 1 aromatic carbocycles. The lowest BCUT2D eigenvalue weighted by molar-refractivity contribution is -0.159. The molecule has 4 atom stereocenters. The molecule has 0 bridgehead atoms. The number of nitrogens with zero attached hydrogens (tertiary/aromatic N) is 3. The number of aliphatic hydroxyl groups excluding tert-OH is 1. The molecule has 204 valence electrons. The van der Waals surface area contributed by atoms with Crippen LogP contribution in [0.3, 0.4) is 0 Å². The number of ether oxygens (including phenoxy) is 1. The summed E-state index contributed by atoms with van der Waals surface area (Å²) in [5.41, 5.74) is -0.732. The quantitative estimate of drug-likeness (QED) is 0.607. The molecule has 12 heteroatoms. The molecule has 0 aromatic heterocycles. The van der Waals surface area contributed by atoms with E-state index in [2.05, 4.69) is 10.2 Å². The van der Waals surface area contributed by atoms with Gasteiger partial charge in [-0.25, -0.2) is 4.79 Å². The van der Waals surface area contributed by atoms with Crippen molar-refractivity contribution in [3.63, 3.8) is 0 Å². The van der Waals surface area contributed by atoms with E-state index in [4.69, 9.17) is 16.3 Å². The van der Waals surface area contributed by atoms with Gasteiger partial charge in [0.1, 0.15) is 6.04 Å². The molecule has 4 fully saturated rings. The first-order chi connectivity index (χ1) is 17.5. The van der Waals surface area contributed by atoms with Gasteiger partial charge in [-0.3, -0.25) is 4.79 Å². The fourth-order valence-electron chi connectivity index (χ4n) is 5.89.